The van der Waals surface area contributed by atoms with Crippen LogP contribution < -0.4 is 4.90 Å². The fourth-order valence-corrected chi connectivity index (χ4v) is 2.05. The van der Waals surface area contributed by atoms with Gasteiger partial charge in [-0.05, 0) is 28.1 Å². The Kier molecular flexibility index (Phi) is 3.15. The molecule has 0 unspecified atom stereocenters. The Bertz CT molecular complexity index is 630. The molecule has 0 fully saturated rings. The molecule has 0 radical (unpaired) electrons. The second kappa shape index (κ2) is 4.61. The van der Waals surface area contributed by atoms with Crippen LogP contribution in [0.2, 0.25) is 0 Å². The van der Waals surface area contributed by atoms with Crippen molar-refractivity contribution in [2.75, 3.05) is 4.90 Å². The molecule has 1 aromatic carbocycles. The van der Waals surface area contributed by atoms with E-state index in [4.69, 9.17) is 10.2 Å². The van der Waals surface area contributed by atoms with E-state index in [0.717, 1.165) is 5.39 Å². The normalized spacial score (nSPS) is 10.3. The molecule has 18 heavy (non-hydrogen) atoms. The average molecular weight is 311 g/mol. The monoisotopic (exact) mass is 310 g/mol. The molecular weight excluding hydrogens is 304 g/mol. The van der Waals surface area contributed by atoms with Crippen LogP contribution in [0.15, 0.2) is 34.8 Å². The van der Waals surface area contributed by atoms with Crippen molar-refractivity contribution in [2.45, 2.75) is 0 Å². The number of anilines is 1. The Morgan fingerprint density at radius 3 is 2.39 bits per heavy atom. The number of imide groups is 1. The second-order valence-corrected chi connectivity index (χ2v) is 4.23. The van der Waals surface area contributed by atoms with Crippen molar-refractivity contribution in [1.29, 1.82) is 0 Å². The average Bonchev–Trinajstić information content (AvgIpc) is 2.28. The van der Waals surface area contributed by atoms with E-state index in [1.165, 1.54) is 6.07 Å². The topological polar surface area (TPSA) is 90.7 Å². The van der Waals surface area contributed by atoms with Gasteiger partial charge >= 0.3 is 12.2 Å². The van der Waals surface area contributed by atoms with E-state index < -0.39 is 12.2 Å². The van der Waals surface area contributed by atoms with Crippen molar-refractivity contribution in [2.24, 2.45) is 0 Å². The highest BCUT2D eigenvalue weighted by Crippen LogP contribution is 2.27. The lowest BCUT2D eigenvalue weighted by atomic mass is 10.2. The fraction of sp³-hybridized carbons (Fsp3) is 0. The van der Waals surface area contributed by atoms with Gasteiger partial charge in [-0.25, -0.2) is 14.6 Å². The summed E-state index contributed by atoms with van der Waals surface area (Å²) < 4.78 is 0.579. The molecule has 0 aliphatic heterocycles. The molecule has 0 aliphatic carbocycles. The van der Waals surface area contributed by atoms with E-state index in [1.807, 2.05) is 0 Å². The van der Waals surface area contributed by atoms with E-state index in [0.29, 0.717) is 9.99 Å². The van der Waals surface area contributed by atoms with Crippen LogP contribution in [0.5, 0.6) is 0 Å². The van der Waals surface area contributed by atoms with Gasteiger partial charge in [0.25, 0.3) is 0 Å². The van der Waals surface area contributed by atoms with E-state index in [-0.39, 0.29) is 10.7 Å². The smallest absolute Gasteiger partial charge is 0.422 e. The number of hydrogen-bond acceptors (Lipinski definition) is 3. The first kappa shape index (κ1) is 12.3. The molecule has 2 aromatic rings. The Balaban J connectivity index is 2.65. The molecule has 0 saturated heterocycles. The molecule has 2 amide bonds. The van der Waals surface area contributed by atoms with Gasteiger partial charge in [-0.15, -0.1) is 0 Å². The minimum atomic E-state index is -1.60. The molecule has 2 rings (SSSR count). The van der Waals surface area contributed by atoms with Crippen LogP contribution >= 0.6 is 15.9 Å². The summed E-state index contributed by atoms with van der Waals surface area (Å²) in [6.07, 6.45) is -3.20. The lowest BCUT2D eigenvalue weighted by Gasteiger charge is -2.13. The van der Waals surface area contributed by atoms with Gasteiger partial charge in [0.05, 0.1) is 5.52 Å². The number of hydrogen-bond donors (Lipinski definition) is 2. The molecule has 2 N–H and O–H groups in total. The number of rotatable bonds is 1. The number of nitrogens with zero attached hydrogens (tertiary/aromatic N) is 2. The summed E-state index contributed by atoms with van der Waals surface area (Å²) in [5.41, 5.74) is 0.509. The van der Waals surface area contributed by atoms with E-state index >= 15 is 0 Å². The summed E-state index contributed by atoms with van der Waals surface area (Å²) in [5, 5.41) is 18.5. The molecule has 1 heterocycles. The predicted octanol–water partition coefficient (Wildman–Crippen LogP) is 3.16. The van der Waals surface area contributed by atoms with Gasteiger partial charge in [-0.2, -0.15) is 4.90 Å². The Hall–Kier alpha value is -2.15. The summed E-state index contributed by atoms with van der Waals surface area (Å²) in [6, 6.07) is 8.36. The largest absolute Gasteiger partial charge is 0.464 e. The third kappa shape index (κ3) is 2.12. The summed E-state index contributed by atoms with van der Waals surface area (Å²) in [6.45, 7) is 0. The molecule has 0 saturated carbocycles. The highest BCUT2D eigenvalue weighted by atomic mass is 79.9. The zero-order chi connectivity index (χ0) is 13.3. The number of para-hydroxylation sites is 1. The number of amides is 2. The minimum Gasteiger partial charge on any atom is -0.464 e. The number of carbonyl (C=O) groups is 2. The highest BCUT2D eigenvalue weighted by molar-refractivity contribution is 9.10. The van der Waals surface area contributed by atoms with Crippen molar-refractivity contribution in [1.82, 2.24) is 4.98 Å². The second-order valence-electron chi connectivity index (χ2n) is 3.38. The first-order valence-electron chi connectivity index (χ1n) is 4.82. The standard InChI is InChI=1S/C11H7BrN2O4/c12-7-5-9(14(10(15)16)11(17)18)13-8-4-2-1-3-6(7)8/h1-5H,(H,15,16)(H,17,18). The maximum absolute atomic E-state index is 10.9. The Morgan fingerprint density at radius 1 is 1.17 bits per heavy atom. The number of fused-ring (bicyclic) bond motifs is 1. The van der Waals surface area contributed by atoms with Crippen molar-refractivity contribution in [3.63, 3.8) is 0 Å². The number of aromatic nitrogens is 1. The van der Waals surface area contributed by atoms with Gasteiger partial charge in [-0.3, -0.25) is 0 Å². The molecule has 0 aliphatic rings. The van der Waals surface area contributed by atoms with Crippen LogP contribution in [-0.2, 0) is 0 Å². The molecule has 0 spiro atoms. The summed E-state index contributed by atoms with van der Waals surface area (Å²) in [7, 11) is 0. The third-order valence-electron chi connectivity index (χ3n) is 2.26. The van der Waals surface area contributed by atoms with Crippen molar-refractivity contribution in [3.8, 4) is 0 Å². The van der Waals surface area contributed by atoms with Crippen LogP contribution in [0.3, 0.4) is 0 Å². The highest BCUT2D eigenvalue weighted by Gasteiger charge is 2.24. The SMILES string of the molecule is O=C(O)N(C(=O)O)c1cc(Br)c2ccccc2n1. The van der Waals surface area contributed by atoms with Crippen molar-refractivity contribution < 1.29 is 19.8 Å². The Morgan fingerprint density at radius 2 is 1.78 bits per heavy atom. The lowest BCUT2D eigenvalue weighted by molar-refractivity contribution is 0.184. The Labute approximate surface area is 110 Å². The van der Waals surface area contributed by atoms with Crippen LogP contribution in [0.1, 0.15) is 0 Å². The quantitative estimate of drug-likeness (QED) is 0.844. The lowest BCUT2D eigenvalue weighted by Crippen LogP contribution is -2.35. The summed E-state index contributed by atoms with van der Waals surface area (Å²) in [5.74, 6) is -0.166. The van der Waals surface area contributed by atoms with E-state index in [9.17, 15) is 9.59 Å². The maximum Gasteiger partial charge on any atom is 0.422 e. The van der Waals surface area contributed by atoms with E-state index in [2.05, 4.69) is 20.9 Å². The van der Waals surface area contributed by atoms with Gasteiger partial charge in [0.2, 0.25) is 0 Å². The number of halogens is 1. The molecule has 1 aromatic heterocycles. The van der Waals surface area contributed by atoms with Crippen LogP contribution in [-0.4, -0.2) is 27.4 Å². The van der Waals surface area contributed by atoms with Gasteiger partial charge in [0.15, 0.2) is 5.82 Å². The van der Waals surface area contributed by atoms with Crippen LogP contribution in [0, 0.1) is 0 Å². The first-order valence-corrected chi connectivity index (χ1v) is 5.61. The van der Waals surface area contributed by atoms with Crippen LogP contribution in [0.25, 0.3) is 10.9 Å². The molecular formula is C11H7BrN2O4. The number of pyridine rings is 1. The van der Waals surface area contributed by atoms with Gasteiger partial charge in [-0.1, -0.05) is 18.2 Å². The molecule has 0 bridgehead atoms. The number of carboxylic acid groups (broad SMARTS) is 2. The minimum absolute atomic E-state index is 0.164. The first-order chi connectivity index (χ1) is 8.50. The fourth-order valence-electron chi connectivity index (χ4n) is 1.51. The molecule has 0 atom stereocenters. The summed E-state index contributed by atoms with van der Waals surface area (Å²) in [4.78, 5) is 25.9. The molecule has 7 heteroatoms. The summed E-state index contributed by atoms with van der Waals surface area (Å²) >= 11 is 3.26. The van der Waals surface area contributed by atoms with Crippen molar-refractivity contribution in [3.05, 3.63) is 34.8 Å². The van der Waals surface area contributed by atoms with Gasteiger partial charge in [0.1, 0.15) is 0 Å². The predicted molar refractivity (Wildman–Crippen MR) is 68.0 cm³/mol. The molecule has 6 nitrogen and oxygen atoms in total. The maximum atomic E-state index is 10.9. The van der Waals surface area contributed by atoms with Crippen LogP contribution in [0.4, 0.5) is 15.4 Å². The third-order valence-corrected chi connectivity index (χ3v) is 2.92. The molecule has 92 valence electrons. The van der Waals surface area contributed by atoms with Crippen molar-refractivity contribution >= 4 is 44.8 Å². The zero-order valence-electron chi connectivity index (χ0n) is 8.87. The van der Waals surface area contributed by atoms with Gasteiger partial charge < -0.3 is 10.2 Å². The number of benzene rings is 1. The van der Waals surface area contributed by atoms with Gasteiger partial charge in [0, 0.05) is 9.86 Å². The van der Waals surface area contributed by atoms with E-state index in [1.54, 1.807) is 24.3 Å². The zero-order valence-corrected chi connectivity index (χ0v) is 10.5.